The highest BCUT2D eigenvalue weighted by molar-refractivity contribution is 7.12. The lowest BCUT2D eigenvalue weighted by molar-refractivity contribution is -0.137. The lowest BCUT2D eigenvalue weighted by Crippen LogP contribution is -2.51. The predicted octanol–water partition coefficient (Wildman–Crippen LogP) is 6.95. The number of ether oxygens (including phenoxy) is 1. The van der Waals surface area contributed by atoms with Gasteiger partial charge in [0.05, 0.1) is 29.8 Å². The van der Waals surface area contributed by atoms with E-state index in [-0.39, 0.29) is 30.5 Å². The summed E-state index contributed by atoms with van der Waals surface area (Å²) in [6.07, 6.45) is -3.34. The molecule has 2 N–H and O–H groups in total. The molecule has 0 saturated carbocycles. The molecule has 0 atom stereocenters. The molecule has 0 aliphatic carbocycles. The van der Waals surface area contributed by atoms with Crippen LogP contribution < -0.4 is 10.5 Å². The summed E-state index contributed by atoms with van der Waals surface area (Å²) in [5.74, 6) is 0.464. The highest BCUT2D eigenvalue weighted by atomic mass is 32.1. The third-order valence-corrected chi connectivity index (χ3v) is 7.69. The van der Waals surface area contributed by atoms with Gasteiger partial charge in [-0.25, -0.2) is 0 Å². The van der Waals surface area contributed by atoms with Gasteiger partial charge in [0, 0.05) is 36.7 Å². The quantitative estimate of drug-likeness (QED) is 0.311. The van der Waals surface area contributed by atoms with Crippen LogP contribution in [0.25, 0.3) is 0 Å². The maximum atomic E-state index is 12.9. The fourth-order valence-corrected chi connectivity index (χ4v) is 5.27. The number of nitrogens with two attached hydrogens (primary N) is 1. The highest BCUT2D eigenvalue weighted by Crippen LogP contribution is 2.33. The summed E-state index contributed by atoms with van der Waals surface area (Å²) in [6.45, 7) is 7.92. The number of aryl methyl sites for hydroxylation is 1. The van der Waals surface area contributed by atoms with Gasteiger partial charge in [0.2, 0.25) is 0 Å². The van der Waals surface area contributed by atoms with Crippen LogP contribution in [0.3, 0.4) is 0 Å². The zero-order valence-corrected chi connectivity index (χ0v) is 25.2. The van der Waals surface area contributed by atoms with Crippen LogP contribution in [-0.2, 0) is 23.9 Å². The van der Waals surface area contributed by atoms with Crippen molar-refractivity contribution in [2.75, 3.05) is 20.2 Å². The van der Waals surface area contributed by atoms with Crippen LogP contribution in [0.2, 0.25) is 0 Å². The van der Waals surface area contributed by atoms with E-state index in [1.54, 1.807) is 24.1 Å². The Hall–Kier alpha value is -3.92. The van der Waals surface area contributed by atoms with Crippen LogP contribution >= 0.6 is 11.3 Å². The number of hydrogen-bond acceptors (Lipinski definition) is 6. The van der Waals surface area contributed by atoms with E-state index in [4.69, 9.17) is 10.5 Å². The number of benzene rings is 2. The van der Waals surface area contributed by atoms with Crippen molar-refractivity contribution in [3.63, 3.8) is 0 Å². The van der Waals surface area contributed by atoms with Crippen molar-refractivity contribution in [2.24, 2.45) is 16.1 Å². The number of ketones is 1. The minimum absolute atomic E-state index is 0.0351. The van der Waals surface area contributed by atoms with E-state index in [1.165, 1.54) is 36.0 Å². The topological polar surface area (TPSA) is 85.0 Å². The highest BCUT2D eigenvalue weighted by Gasteiger charge is 2.39. The molecule has 0 spiro atoms. The van der Waals surface area contributed by atoms with Gasteiger partial charge in [-0.15, -0.1) is 11.3 Å². The number of nitrogens with zero attached hydrogens (tertiary/aromatic N) is 2. The maximum absolute atomic E-state index is 12.9. The Kier molecular flexibility index (Phi) is 10.7. The number of allylic oxidation sites excluding steroid dienone is 1. The smallest absolute Gasteiger partial charge is 0.416 e. The van der Waals surface area contributed by atoms with E-state index in [1.807, 2.05) is 31.4 Å². The summed E-state index contributed by atoms with van der Waals surface area (Å²) in [5, 5.41) is 1.82. The molecule has 0 bridgehead atoms. The summed E-state index contributed by atoms with van der Waals surface area (Å²) >= 11 is 1.34. The Bertz CT molecular complexity index is 1420. The molecule has 2 aromatic carbocycles. The fourth-order valence-electron chi connectivity index (χ4n) is 4.58. The minimum Gasteiger partial charge on any atom is -0.497 e. The number of Topliss-reactive ketones (excluding diaryl/α,β-unsaturated/α-hetero) is 1. The van der Waals surface area contributed by atoms with Crippen LogP contribution in [0, 0.1) is 5.41 Å². The van der Waals surface area contributed by atoms with E-state index in [0.717, 1.165) is 24.3 Å². The molecule has 0 radical (unpaired) electrons. The number of alkyl halides is 3. The molecule has 2 heterocycles. The molecule has 1 aromatic heterocycles. The second kappa shape index (κ2) is 13.8. The number of aliphatic imine (C=N–C) groups is 1. The average Bonchev–Trinajstić information content (AvgIpc) is 3.50. The second-order valence-corrected chi connectivity index (χ2v) is 11.5. The van der Waals surface area contributed by atoms with Gasteiger partial charge < -0.3 is 15.4 Å². The van der Waals surface area contributed by atoms with Crippen molar-refractivity contribution in [2.45, 2.75) is 46.8 Å². The third kappa shape index (κ3) is 8.31. The maximum Gasteiger partial charge on any atom is 0.416 e. The molecule has 1 aliphatic rings. The normalized spacial score (nSPS) is 16.9. The van der Waals surface area contributed by atoms with Crippen LogP contribution in [0.5, 0.6) is 5.75 Å². The molecule has 1 saturated heterocycles. The molecule has 4 rings (SSSR count). The second-order valence-electron chi connectivity index (χ2n) is 10.5. The fraction of sp³-hybridized carbons (Fsp3) is 0.344. The zero-order chi connectivity index (χ0) is 31.1. The average molecular weight is 600 g/mol. The number of piperidine rings is 1. The Morgan fingerprint density at radius 2 is 1.76 bits per heavy atom. The van der Waals surface area contributed by atoms with Crippen molar-refractivity contribution in [3.05, 3.63) is 98.9 Å². The molecular weight excluding hydrogens is 563 g/mol. The number of carbonyl (C=O) groups excluding carboxylic acids is 2. The summed E-state index contributed by atoms with van der Waals surface area (Å²) in [4.78, 5) is 31.9. The van der Waals surface area contributed by atoms with Crippen molar-refractivity contribution in [1.82, 2.24) is 4.90 Å². The summed E-state index contributed by atoms with van der Waals surface area (Å²) in [6, 6.07) is 16.5. The van der Waals surface area contributed by atoms with E-state index < -0.39 is 17.2 Å². The van der Waals surface area contributed by atoms with E-state index >= 15 is 0 Å². The molecule has 1 amide bonds. The molecule has 42 heavy (non-hydrogen) atoms. The van der Waals surface area contributed by atoms with Gasteiger partial charge in [0.25, 0.3) is 5.91 Å². The molecule has 1 aliphatic heterocycles. The SMILES string of the molecule is CC(=O)/C(N)=C1\CN(C(=O)c2cccs2)CC(C)(C)C1=NCc1ccc(C(F)(F)F)cc1.CCc1cccc(OC)c1. The first kappa shape index (κ1) is 32.6. The number of carbonyl (C=O) groups is 2. The first-order valence-corrected chi connectivity index (χ1v) is 14.3. The van der Waals surface area contributed by atoms with Crippen LogP contribution in [0.15, 0.2) is 82.3 Å². The number of amides is 1. The Balaban J connectivity index is 0.000000408. The number of thiophene rings is 1. The third-order valence-electron chi connectivity index (χ3n) is 6.83. The largest absolute Gasteiger partial charge is 0.497 e. The Morgan fingerprint density at radius 3 is 2.31 bits per heavy atom. The number of halogens is 3. The predicted molar refractivity (Wildman–Crippen MR) is 161 cm³/mol. The number of hydrogen-bond donors (Lipinski definition) is 1. The lowest BCUT2D eigenvalue weighted by atomic mass is 9.78. The Labute approximate surface area is 248 Å². The molecule has 6 nitrogen and oxygen atoms in total. The number of likely N-dealkylation sites (tertiary alicyclic amines) is 1. The number of rotatable bonds is 6. The van der Waals surface area contributed by atoms with Gasteiger partial charge in [-0.2, -0.15) is 13.2 Å². The van der Waals surface area contributed by atoms with E-state index in [0.29, 0.717) is 28.3 Å². The van der Waals surface area contributed by atoms with Gasteiger partial charge in [-0.3, -0.25) is 14.6 Å². The van der Waals surface area contributed by atoms with E-state index in [2.05, 4.69) is 24.0 Å². The van der Waals surface area contributed by atoms with Crippen LogP contribution in [-0.4, -0.2) is 42.5 Å². The zero-order valence-electron chi connectivity index (χ0n) is 24.4. The van der Waals surface area contributed by atoms with Crippen molar-refractivity contribution in [3.8, 4) is 5.75 Å². The van der Waals surface area contributed by atoms with Gasteiger partial charge in [0.15, 0.2) is 5.78 Å². The minimum atomic E-state index is -4.40. The van der Waals surface area contributed by atoms with Crippen molar-refractivity contribution in [1.29, 1.82) is 0 Å². The standard InChI is InChI=1S/C23H24F3N3O2S.C9H12O/c1-14(30)19(27)17-12-29(21(31)18-5-4-10-32-18)13-22(2,3)20(17)28-11-15-6-8-16(9-7-15)23(24,25)26;1-3-8-5-4-6-9(7-8)10-2/h4-10H,11-13,27H2,1-3H3;4-7H,3H2,1-2H3/b19-17-,28-20?;. The van der Waals surface area contributed by atoms with Crippen LogP contribution in [0.1, 0.15) is 54.1 Å². The van der Waals surface area contributed by atoms with Crippen LogP contribution in [0.4, 0.5) is 13.2 Å². The monoisotopic (exact) mass is 599 g/mol. The molecule has 3 aromatic rings. The Morgan fingerprint density at radius 1 is 1.07 bits per heavy atom. The first-order valence-electron chi connectivity index (χ1n) is 13.4. The number of methoxy groups -OCH3 is 1. The molecule has 10 heteroatoms. The first-order chi connectivity index (χ1) is 19.8. The van der Waals surface area contributed by atoms with E-state index in [9.17, 15) is 22.8 Å². The lowest BCUT2D eigenvalue weighted by Gasteiger charge is -2.41. The molecular formula is C32H36F3N3O3S. The summed E-state index contributed by atoms with van der Waals surface area (Å²) in [5.41, 5.74) is 7.78. The summed E-state index contributed by atoms with van der Waals surface area (Å²) < 4.78 is 43.5. The van der Waals surface area contributed by atoms with Gasteiger partial charge in [-0.05, 0) is 53.3 Å². The van der Waals surface area contributed by atoms with Gasteiger partial charge in [-0.1, -0.05) is 51.1 Å². The van der Waals surface area contributed by atoms with Gasteiger partial charge >= 0.3 is 6.18 Å². The van der Waals surface area contributed by atoms with Gasteiger partial charge in [0.1, 0.15) is 5.75 Å². The van der Waals surface area contributed by atoms with Crippen molar-refractivity contribution < 1.29 is 27.5 Å². The molecule has 0 unspecified atom stereocenters. The molecule has 224 valence electrons. The summed E-state index contributed by atoms with van der Waals surface area (Å²) in [7, 11) is 1.69. The van der Waals surface area contributed by atoms with Crippen molar-refractivity contribution >= 4 is 28.7 Å². The molecule has 1 fully saturated rings.